The van der Waals surface area contributed by atoms with Crippen LogP contribution in [0.5, 0.6) is 5.75 Å². The summed E-state index contributed by atoms with van der Waals surface area (Å²) in [6.45, 7) is 11.3. The number of rotatable bonds is 3. The van der Waals surface area contributed by atoms with Gasteiger partial charge in [0.2, 0.25) is 0 Å². The van der Waals surface area contributed by atoms with E-state index in [2.05, 4.69) is 42.9 Å². The monoisotopic (exact) mass is 477 g/mol. The zero-order valence-electron chi connectivity index (χ0n) is 16.2. The van der Waals surface area contributed by atoms with E-state index < -0.39 is 0 Å². The lowest BCUT2D eigenvalue weighted by atomic mass is 9.65. The molecule has 3 rings (SSSR count). The number of nitrogens with one attached hydrogen (secondary N) is 1. The molecule has 2 aliphatic heterocycles. The molecule has 0 atom stereocenters. The average Bonchev–Trinajstić information content (AvgIpc) is 2.57. The Labute approximate surface area is 172 Å². The maximum atomic E-state index is 13.8. The Bertz CT molecular complexity index is 692. The topological polar surface area (TPSA) is 46.1 Å². The highest BCUT2D eigenvalue weighted by atomic mass is 127. The van der Waals surface area contributed by atoms with Gasteiger partial charge in [0.25, 0.3) is 0 Å². The Kier molecular flexibility index (Phi) is 6.43. The second-order valence-electron chi connectivity index (χ2n) is 7.92. The molecule has 0 radical (unpaired) electrons. The molecular weight excluding hydrogens is 448 g/mol. The second-order valence-corrected chi connectivity index (χ2v) is 7.92. The summed E-state index contributed by atoms with van der Waals surface area (Å²) in [4.78, 5) is 6.70. The number of nitrogens with zero attached hydrogens (tertiary/aromatic N) is 2. The Morgan fingerprint density at radius 3 is 2.65 bits per heavy atom. The molecule has 1 saturated heterocycles. The van der Waals surface area contributed by atoms with Crippen LogP contribution in [0.25, 0.3) is 0 Å². The maximum absolute atomic E-state index is 13.8. The van der Waals surface area contributed by atoms with Crippen LogP contribution >= 0.6 is 24.0 Å². The van der Waals surface area contributed by atoms with Crippen LogP contribution in [0.3, 0.4) is 0 Å². The molecule has 0 aromatic heterocycles. The number of hydrogen-bond donors (Lipinski definition) is 1. The van der Waals surface area contributed by atoms with Crippen LogP contribution in [-0.4, -0.2) is 43.3 Å². The van der Waals surface area contributed by atoms with E-state index in [9.17, 15) is 4.39 Å². The molecule has 1 fully saturated rings. The van der Waals surface area contributed by atoms with Gasteiger partial charge in [0.1, 0.15) is 11.6 Å². The van der Waals surface area contributed by atoms with Gasteiger partial charge in [-0.2, -0.15) is 0 Å². The summed E-state index contributed by atoms with van der Waals surface area (Å²) in [5.41, 5.74) is 1.94. The average molecular weight is 477 g/mol. The lowest BCUT2D eigenvalue weighted by Gasteiger charge is -2.62. The predicted octanol–water partition coefficient (Wildman–Crippen LogP) is 3.55. The van der Waals surface area contributed by atoms with E-state index in [1.165, 1.54) is 6.07 Å². The van der Waals surface area contributed by atoms with Gasteiger partial charge in [0.15, 0.2) is 12.8 Å². The molecule has 26 heavy (non-hydrogen) atoms. The van der Waals surface area contributed by atoms with E-state index in [1.54, 1.807) is 13.1 Å². The number of aliphatic imine (C=N–C) groups is 1. The van der Waals surface area contributed by atoms with Gasteiger partial charge < -0.3 is 19.7 Å². The molecule has 1 aromatic rings. The Morgan fingerprint density at radius 1 is 1.31 bits per heavy atom. The molecule has 7 heteroatoms. The van der Waals surface area contributed by atoms with Crippen LogP contribution in [0.1, 0.15) is 38.8 Å². The van der Waals surface area contributed by atoms with Crippen molar-refractivity contribution >= 4 is 29.9 Å². The zero-order chi connectivity index (χ0) is 18.2. The number of benzene rings is 1. The summed E-state index contributed by atoms with van der Waals surface area (Å²) >= 11 is 0. The van der Waals surface area contributed by atoms with Crippen molar-refractivity contribution in [3.63, 3.8) is 0 Å². The lowest BCUT2D eigenvalue weighted by Crippen LogP contribution is -2.72. The van der Waals surface area contributed by atoms with Gasteiger partial charge >= 0.3 is 0 Å². The SMILES string of the molecule is CN=C(NCCc1cc(F)cc2c1OCOC2)N1CC(C)(C)C1(C)C.I. The molecule has 146 valence electrons. The van der Waals surface area contributed by atoms with Crippen molar-refractivity contribution in [2.45, 2.75) is 46.3 Å². The number of halogens is 2. The van der Waals surface area contributed by atoms with Gasteiger partial charge in [0, 0.05) is 36.7 Å². The highest BCUT2D eigenvalue weighted by Crippen LogP contribution is 2.46. The molecule has 2 aliphatic rings. The van der Waals surface area contributed by atoms with E-state index in [4.69, 9.17) is 9.47 Å². The molecule has 0 aliphatic carbocycles. The second kappa shape index (κ2) is 7.88. The summed E-state index contributed by atoms with van der Waals surface area (Å²) in [6.07, 6.45) is 0.663. The molecule has 2 heterocycles. The minimum absolute atomic E-state index is 0. The van der Waals surface area contributed by atoms with Gasteiger partial charge in [-0.25, -0.2) is 4.39 Å². The van der Waals surface area contributed by atoms with Crippen molar-refractivity contribution in [1.82, 2.24) is 10.2 Å². The Balaban J connectivity index is 0.00000243. The molecule has 5 nitrogen and oxygen atoms in total. The number of hydrogen-bond acceptors (Lipinski definition) is 3. The highest BCUT2D eigenvalue weighted by molar-refractivity contribution is 14.0. The van der Waals surface area contributed by atoms with Crippen molar-refractivity contribution in [1.29, 1.82) is 0 Å². The third kappa shape index (κ3) is 3.78. The normalized spacial score (nSPS) is 20.4. The first-order valence-corrected chi connectivity index (χ1v) is 8.76. The van der Waals surface area contributed by atoms with Crippen LogP contribution in [0.4, 0.5) is 4.39 Å². The van der Waals surface area contributed by atoms with Crippen molar-refractivity contribution in [2.75, 3.05) is 26.9 Å². The van der Waals surface area contributed by atoms with Crippen molar-refractivity contribution in [3.8, 4) is 5.75 Å². The summed E-state index contributed by atoms with van der Waals surface area (Å²) in [6, 6.07) is 3.03. The molecule has 0 bridgehead atoms. The third-order valence-corrected chi connectivity index (χ3v) is 5.78. The lowest BCUT2D eigenvalue weighted by molar-refractivity contribution is -0.0666. The first kappa shape index (κ1) is 21.2. The van der Waals surface area contributed by atoms with Crippen LogP contribution in [-0.2, 0) is 17.8 Å². The smallest absolute Gasteiger partial charge is 0.194 e. The standard InChI is InChI=1S/C19H28FN3O2.HI/c1-18(2)11-23(19(18,3)4)17(21-5)22-7-6-13-8-15(20)9-14-10-24-12-25-16(13)14;/h8-9H,6-7,10-12H2,1-5H3,(H,21,22);1H. The first-order valence-electron chi connectivity index (χ1n) is 8.76. The molecule has 1 N–H and O–H groups in total. The van der Waals surface area contributed by atoms with Gasteiger partial charge in [-0.15, -0.1) is 24.0 Å². The van der Waals surface area contributed by atoms with Crippen molar-refractivity contribution in [2.24, 2.45) is 10.4 Å². The van der Waals surface area contributed by atoms with Gasteiger partial charge in [-0.05, 0) is 38.0 Å². The van der Waals surface area contributed by atoms with E-state index in [0.29, 0.717) is 19.6 Å². The third-order valence-electron chi connectivity index (χ3n) is 5.78. The highest BCUT2D eigenvalue weighted by Gasteiger charge is 2.53. The van der Waals surface area contributed by atoms with Crippen molar-refractivity contribution < 1.29 is 13.9 Å². The fourth-order valence-corrected chi connectivity index (χ4v) is 3.45. The van der Waals surface area contributed by atoms with E-state index in [0.717, 1.165) is 29.4 Å². The Morgan fingerprint density at radius 2 is 2.04 bits per heavy atom. The van der Waals surface area contributed by atoms with E-state index in [-0.39, 0.29) is 47.5 Å². The predicted molar refractivity (Wildman–Crippen MR) is 112 cm³/mol. The van der Waals surface area contributed by atoms with Gasteiger partial charge in [-0.3, -0.25) is 4.99 Å². The van der Waals surface area contributed by atoms with Gasteiger partial charge in [0.05, 0.1) is 6.61 Å². The molecular formula is C19H29FIN3O2. The summed E-state index contributed by atoms with van der Waals surface area (Å²) in [5, 5.41) is 3.41. The maximum Gasteiger partial charge on any atom is 0.194 e. The van der Waals surface area contributed by atoms with E-state index >= 15 is 0 Å². The number of fused-ring (bicyclic) bond motifs is 1. The van der Waals surface area contributed by atoms with Gasteiger partial charge in [-0.1, -0.05) is 13.8 Å². The van der Waals surface area contributed by atoms with E-state index in [1.807, 2.05) is 0 Å². The molecule has 1 aromatic carbocycles. The first-order chi connectivity index (χ1) is 11.8. The quantitative estimate of drug-likeness (QED) is 0.411. The van der Waals surface area contributed by atoms with Crippen LogP contribution in [0.2, 0.25) is 0 Å². The van der Waals surface area contributed by atoms with Crippen LogP contribution in [0.15, 0.2) is 17.1 Å². The molecule has 0 spiro atoms. The fourth-order valence-electron chi connectivity index (χ4n) is 3.45. The largest absolute Gasteiger partial charge is 0.467 e. The number of likely N-dealkylation sites (tertiary alicyclic amines) is 1. The Hall–Kier alpha value is -1.09. The molecule has 0 saturated carbocycles. The summed E-state index contributed by atoms with van der Waals surface area (Å²) < 4.78 is 24.6. The number of guanidine groups is 1. The zero-order valence-corrected chi connectivity index (χ0v) is 18.5. The summed E-state index contributed by atoms with van der Waals surface area (Å²) in [7, 11) is 1.80. The fraction of sp³-hybridized carbons (Fsp3) is 0.632. The minimum atomic E-state index is -0.252. The minimum Gasteiger partial charge on any atom is -0.467 e. The number of ether oxygens (including phenoxy) is 2. The molecule has 0 unspecified atom stereocenters. The molecule has 0 amide bonds. The summed E-state index contributed by atoms with van der Waals surface area (Å²) in [5.74, 6) is 1.39. The van der Waals surface area contributed by atoms with Crippen LogP contribution < -0.4 is 10.1 Å². The van der Waals surface area contributed by atoms with Crippen molar-refractivity contribution in [3.05, 3.63) is 29.1 Å². The van der Waals surface area contributed by atoms with Crippen LogP contribution in [0, 0.1) is 11.2 Å².